The van der Waals surface area contributed by atoms with Crippen molar-refractivity contribution in [2.24, 2.45) is 5.92 Å². The van der Waals surface area contributed by atoms with Gasteiger partial charge in [0.15, 0.2) is 5.78 Å². The van der Waals surface area contributed by atoms with Crippen LogP contribution in [0.2, 0.25) is 25.7 Å². The summed E-state index contributed by atoms with van der Waals surface area (Å²) in [5.41, 5.74) is 7.82. The summed E-state index contributed by atoms with van der Waals surface area (Å²) < 4.78 is 35.1. The zero-order valence-electron chi connectivity index (χ0n) is 23.8. The number of carbonyl (C=O) groups excluding carboxylic acids is 1. The van der Waals surface area contributed by atoms with Gasteiger partial charge in [-0.25, -0.2) is 13.1 Å². The van der Waals surface area contributed by atoms with E-state index in [0.29, 0.717) is 24.5 Å². The second-order valence-corrected chi connectivity index (χ2v) is 20.2. The van der Waals surface area contributed by atoms with Gasteiger partial charge in [0.05, 0.1) is 4.90 Å². The van der Waals surface area contributed by atoms with Crippen LogP contribution < -0.4 is 5.32 Å². The number of nitrogens with one attached hydrogen (secondary N) is 1. The highest BCUT2D eigenvalue weighted by Gasteiger charge is 2.32. The van der Waals surface area contributed by atoms with Crippen LogP contribution in [0.1, 0.15) is 57.9 Å². The number of fused-ring (bicyclic) bond motifs is 3. The molecule has 0 bridgehead atoms. The molecular formula is C30H38N4O4SSi. The van der Waals surface area contributed by atoms with Gasteiger partial charge in [-0.15, -0.1) is 5.10 Å². The van der Waals surface area contributed by atoms with Crippen molar-refractivity contribution in [2.45, 2.75) is 94.3 Å². The molecule has 0 radical (unpaired) electrons. The third-order valence-corrected chi connectivity index (χ3v) is 11.7. The van der Waals surface area contributed by atoms with Crippen molar-refractivity contribution in [1.82, 2.24) is 14.8 Å². The van der Waals surface area contributed by atoms with Gasteiger partial charge in [-0.3, -0.25) is 4.79 Å². The maximum Gasteiger partial charge on any atom is 0.273 e. The minimum Gasteiger partial charge on any atom is -0.359 e. The molecule has 0 fully saturated rings. The van der Waals surface area contributed by atoms with Crippen LogP contribution in [0.3, 0.4) is 0 Å². The third-order valence-electron chi connectivity index (χ3n) is 8.44. The molecule has 0 aliphatic heterocycles. The SMILES string of the molecule is CC1Cc2ccc(S(=O)(=O)c3nc(Nc4c5c(cc6c4CCC6)CCC5)n(COCC[Si](C)(C)C)n3)cc2C1=O. The average Bonchev–Trinajstić information content (AvgIpc) is 3.69. The van der Waals surface area contributed by atoms with E-state index in [9.17, 15) is 13.2 Å². The van der Waals surface area contributed by atoms with E-state index in [-0.39, 0.29) is 28.5 Å². The molecule has 1 atom stereocenters. The number of carbonyl (C=O) groups is 1. The smallest absolute Gasteiger partial charge is 0.273 e. The molecule has 8 nitrogen and oxygen atoms in total. The summed E-state index contributed by atoms with van der Waals surface area (Å²) in [6.07, 6.45) is 7.01. The van der Waals surface area contributed by atoms with E-state index >= 15 is 0 Å². The van der Waals surface area contributed by atoms with E-state index < -0.39 is 17.9 Å². The number of aryl methyl sites for hydroxylation is 2. The summed E-state index contributed by atoms with van der Waals surface area (Å²) in [5.74, 6) is 0.214. The van der Waals surface area contributed by atoms with Gasteiger partial charge in [-0.1, -0.05) is 38.7 Å². The fraction of sp³-hybridized carbons (Fsp3) is 0.500. The van der Waals surface area contributed by atoms with Gasteiger partial charge in [-0.2, -0.15) is 4.98 Å². The van der Waals surface area contributed by atoms with Crippen molar-refractivity contribution in [3.8, 4) is 0 Å². The molecule has 1 heterocycles. The Morgan fingerprint density at radius 2 is 1.73 bits per heavy atom. The number of ketones is 1. The quantitative estimate of drug-likeness (QED) is 0.263. The van der Waals surface area contributed by atoms with Crippen LogP contribution in [0.25, 0.3) is 0 Å². The number of benzene rings is 2. The van der Waals surface area contributed by atoms with Gasteiger partial charge in [0.1, 0.15) is 6.73 Å². The molecule has 2 aromatic carbocycles. The standard InChI is InChI=1S/C30H38N4O4SSi/c1-19-15-22-11-12-23(17-26(22)28(19)35)39(36,37)30-32-29(34(33-30)18-38-13-14-40(2,3)4)31-27-24-9-5-7-20(24)16-21-8-6-10-25(21)27/h11-12,16-17,19H,5-10,13-15,18H2,1-4H3,(H,31,32,33). The fourth-order valence-electron chi connectivity index (χ4n) is 6.15. The summed E-state index contributed by atoms with van der Waals surface area (Å²) in [7, 11) is -5.35. The molecule has 0 spiro atoms. The van der Waals surface area contributed by atoms with Crippen LogP contribution in [-0.2, 0) is 53.4 Å². The van der Waals surface area contributed by atoms with E-state index in [1.807, 2.05) is 6.92 Å². The molecule has 6 rings (SSSR count). The molecule has 3 aliphatic carbocycles. The Kier molecular flexibility index (Phi) is 6.99. The van der Waals surface area contributed by atoms with Crippen molar-refractivity contribution >= 4 is 35.3 Å². The molecule has 1 unspecified atom stereocenters. The Morgan fingerprint density at radius 3 is 2.40 bits per heavy atom. The van der Waals surface area contributed by atoms with Crippen molar-refractivity contribution in [3.63, 3.8) is 0 Å². The van der Waals surface area contributed by atoms with E-state index in [4.69, 9.17) is 4.74 Å². The minimum absolute atomic E-state index is 0.0181. The van der Waals surface area contributed by atoms with Crippen LogP contribution in [0.4, 0.5) is 11.6 Å². The number of nitrogens with zero attached hydrogens (tertiary/aromatic N) is 3. The van der Waals surface area contributed by atoms with E-state index in [2.05, 4.69) is 41.1 Å². The highest BCUT2D eigenvalue weighted by molar-refractivity contribution is 7.91. The zero-order valence-corrected chi connectivity index (χ0v) is 25.7. The largest absolute Gasteiger partial charge is 0.359 e. The number of anilines is 2. The number of rotatable bonds is 9. The topological polar surface area (TPSA) is 103 Å². The summed E-state index contributed by atoms with van der Waals surface area (Å²) in [6, 6.07) is 8.17. The first-order chi connectivity index (χ1) is 19.0. The lowest BCUT2D eigenvalue weighted by Gasteiger charge is -2.18. The predicted molar refractivity (Wildman–Crippen MR) is 157 cm³/mol. The van der Waals surface area contributed by atoms with Gasteiger partial charge in [0, 0.05) is 31.8 Å². The summed E-state index contributed by atoms with van der Waals surface area (Å²) in [4.78, 5) is 17.2. The lowest BCUT2D eigenvalue weighted by molar-refractivity contribution is 0.0792. The summed E-state index contributed by atoms with van der Waals surface area (Å²) in [5, 5.41) is 7.70. The van der Waals surface area contributed by atoms with Gasteiger partial charge >= 0.3 is 0 Å². The predicted octanol–water partition coefficient (Wildman–Crippen LogP) is 5.52. The second-order valence-electron chi connectivity index (χ2n) is 12.7. The Hall–Kier alpha value is -2.82. The molecular weight excluding hydrogens is 541 g/mol. The number of Topliss-reactive ketones (excluding diaryl/α,β-unsaturated/α-hetero) is 1. The van der Waals surface area contributed by atoms with Crippen LogP contribution in [0.15, 0.2) is 34.3 Å². The Bertz CT molecular complexity index is 1570. The number of ether oxygens (including phenoxy) is 1. The highest BCUT2D eigenvalue weighted by Crippen LogP contribution is 2.40. The first-order valence-corrected chi connectivity index (χ1v) is 19.6. The monoisotopic (exact) mass is 578 g/mol. The zero-order chi connectivity index (χ0) is 28.2. The molecule has 0 saturated heterocycles. The van der Waals surface area contributed by atoms with Gasteiger partial charge in [0.25, 0.3) is 5.16 Å². The molecule has 1 N–H and O–H groups in total. The molecule has 212 valence electrons. The number of hydrogen-bond donors (Lipinski definition) is 1. The van der Waals surface area contributed by atoms with E-state index in [1.165, 1.54) is 33.0 Å². The number of sulfone groups is 1. The van der Waals surface area contributed by atoms with Gasteiger partial charge < -0.3 is 10.1 Å². The van der Waals surface area contributed by atoms with Crippen molar-refractivity contribution in [3.05, 3.63) is 57.6 Å². The molecule has 3 aromatic rings. The van der Waals surface area contributed by atoms with Gasteiger partial charge in [-0.05, 0) is 90.9 Å². The first-order valence-electron chi connectivity index (χ1n) is 14.4. The average molecular weight is 579 g/mol. The van der Waals surface area contributed by atoms with Crippen molar-refractivity contribution in [2.75, 3.05) is 11.9 Å². The molecule has 1 aromatic heterocycles. The maximum absolute atomic E-state index is 13.8. The summed E-state index contributed by atoms with van der Waals surface area (Å²) in [6.45, 7) is 9.44. The Morgan fingerprint density at radius 1 is 1.02 bits per heavy atom. The lowest BCUT2D eigenvalue weighted by atomic mass is 9.99. The number of hydrogen-bond acceptors (Lipinski definition) is 7. The lowest BCUT2D eigenvalue weighted by Crippen LogP contribution is -2.22. The van der Waals surface area contributed by atoms with Crippen LogP contribution in [-0.4, -0.2) is 43.6 Å². The molecule has 40 heavy (non-hydrogen) atoms. The van der Waals surface area contributed by atoms with E-state index in [1.54, 1.807) is 12.1 Å². The molecule has 3 aliphatic rings. The fourth-order valence-corrected chi connectivity index (χ4v) is 8.05. The number of aromatic nitrogens is 3. The first kappa shape index (κ1) is 27.4. The molecule has 0 amide bonds. The molecule has 0 saturated carbocycles. The highest BCUT2D eigenvalue weighted by atomic mass is 32.2. The third kappa shape index (κ3) is 5.05. The van der Waals surface area contributed by atoms with Gasteiger partial charge in [0.2, 0.25) is 15.8 Å². The maximum atomic E-state index is 13.8. The van der Waals surface area contributed by atoms with Crippen LogP contribution >= 0.6 is 0 Å². The van der Waals surface area contributed by atoms with E-state index in [0.717, 1.165) is 55.8 Å². The Balaban J connectivity index is 1.36. The van der Waals surface area contributed by atoms with Crippen molar-refractivity contribution < 1.29 is 17.9 Å². The minimum atomic E-state index is -4.06. The van der Waals surface area contributed by atoms with Crippen LogP contribution in [0.5, 0.6) is 0 Å². The summed E-state index contributed by atoms with van der Waals surface area (Å²) >= 11 is 0. The van der Waals surface area contributed by atoms with Crippen molar-refractivity contribution in [1.29, 1.82) is 0 Å². The molecule has 10 heteroatoms. The second kappa shape index (κ2) is 10.2. The Labute approximate surface area is 237 Å². The normalized spacial score (nSPS) is 18.2. The van der Waals surface area contributed by atoms with Crippen LogP contribution in [0, 0.1) is 5.92 Å².